The molecule has 1 saturated heterocycles. The van der Waals surface area contributed by atoms with Crippen LogP contribution in [0.25, 0.3) is 0 Å². The van der Waals surface area contributed by atoms with E-state index in [1.807, 2.05) is 0 Å². The van der Waals surface area contributed by atoms with Crippen LogP contribution < -0.4 is 5.73 Å². The van der Waals surface area contributed by atoms with Gasteiger partial charge in [-0.1, -0.05) is 11.6 Å². The lowest BCUT2D eigenvalue weighted by atomic mass is 10.1. The Hall–Kier alpha value is -1.26. The van der Waals surface area contributed by atoms with Crippen LogP contribution in [0, 0.1) is 5.92 Å². The van der Waals surface area contributed by atoms with Crippen molar-refractivity contribution in [1.29, 1.82) is 0 Å². The molecule has 2 rings (SSSR count). The SMILES string of the molecule is Nc1cc(Cl)cc(C(=O)N2CCC(CCO)C2)c1. The van der Waals surface area contributed by atoms with Crippen LogP contribution in [0.4, 0.5) is 5.69 Å². The molecule has 5 heteroatoms. The first-order chi connectivity index (χ1) is 8.60. The Morgan fingerprint density at radius 1 is 1.50 bits per heavy atom. The number of aliphatic hydroxyl groups is 1. The molecular weight excluding hydrogens is 252 g/mol. The van der Waals surface area contributed by atoms with Crippen molar-refractivity contribution < 1.29 is 9.90 Å². The molecule has 0 aliphatic carbocycles. The van der Waals surface area contributed by atoms with Crippen LogP contribution in [0.3, 0.4) is 0 Å². The molecule has 4 nitrogen and oxygen atoms in total. The Balaban J connectivity index is 2.08. The van der Waals surface area contributed by atoms with Gasteiger partial charge in [-0.25, -0.2) is 0 Å². The summed E-state index contributed by atoms with van der Waals surface area (Å²) in [7, 11) is 0. The number of rotatable bonds is 3. The van der Waals surface area contributed by atoms with Crippen molar-refractivity contribution >= 4 is 23.2 Å². The molecule has 1 fully saturated rings. The quantitative estimate of drug-likeness (QED) is 0.821. The zero-order valence-electron chi connectivity index (χ0n) is 10.1. The Bertz CT molecular complexity index is 430. The molecule has 1 aromatic carbocycles. The number of anilines is 1. The minimum Gasteiger partial charge on any atom is -0.399 e. The van der Waals surface area contributed by atoms with Crippen molar-refractivity contribution in [3.05, 3.63) is 28.8 Å². The van der Waals surface area contributed by atoms with Gasteiger partial charge in [-0.2, -0.15) is 0 Å². The first-order valence-electron chi connectivity index (χ1n) is 6.06. The maximum absolute atomic E-state index is 12.3. The first-order valence-corrected chi connectivity index (χ1v) is 6.44. The Kier molecular flexibility index (Phi) is 4.09. The van der Waals surface area contributed by atoms with Crippen LogP contribution in [0.2, 0.25) is 5.02 Å². The van der Waals surface area contributed by atoms with Crippen molar-refractivity contribution in [3.8, 4) is 0 Å². The van der Waals surface area contributed by atoms with Gasteiger partial charge in [0.2, 0.25) is 0 Å². The predicted octanol–water partition coefficient (Wildman–Crippen LogP) is 1.77. The second kappa shape index (κ2) is 5.59. The van der Waals surface area contributed by atoms with E-state index in [2.05, 4.69) is 0 Å². The van der Waals surface area contributed by atoms with Crippen LogP contribution in [0.1, 0.15) is 23.2 Å². The van der Waals surface area contributed by atoms with E-state index in [9.17, 15) is 4.79 Å². The van der Waals surface area contributed by atoms with Crippen LogP contribution in [-0.2, 0) is 0 Å². The van der Waals surface area contributed by atoms with Gasteiger partial charge in [0.15, 0.2) is 0 Å². The highest BCUT2D eigenvalue weighted by atomic mass is 35.5. The lowest BCUT2D eigenvalue weighted by Gasteiger charge is -2.17. The molecule has 98 valence electrons. The number of likely N-dealkylation sites (tertiary alicyclic amines) is 1. The van der Waals surface area contributed by atoms with Crippen LogP contribution >= 0.6 is 11.6 Å². The smallest absolute Gasteiger partial charge is 0.253 e. The fourth-order valence-corrected chi connectivity index (χ4v) is 2.60. The van der Waals surface area contributed by atoms with E-state index in [4.69, 9.17) is 22.4 Å². The fraction of sp³-hybridized carbons (Fsp3) is 0.462. The Morgan fingerprint density at radius 3 is 2.94 bits per heavy atom. The number of nitrogens with zero attached hydrogens (tertiary/aromatic N) is 1. The minimum atomic E-state index is -0.0374. The largest absolute Gasteiger partial charge is 0.399 e. The van der Waals surface area contributed by atoms with E-state index in [-0.39, 0.29) is 12.5 Å². The van der Waals surface area contributed by atoms with Crippen LogP contribution in [0.15, 0.2) is 18.2 Å². The third kappa shape index (κ3) is 2.94. The van der Waals surface area contributed by atoms with Crippen LogP contribution in [-0.4, -0.2) is 35.6 Å². The van der Waals surface area contributed by atoms with Gasteiger partial charge in [0, 0.05) is 36.0 Å². The normalized spacial score (nSPS) is 19.2. The van der Waals surface area contributed by atoms with Gasteiger partial charge >= 0.3 is 0 Å². The van der Waals surface area contributed by atoms with Gasteiger partial charge in [0.1, 0.15) is 0 Å². The summed E-state index contributed by atoms with van der Waals surface area (Å²) in [5, 5.41) is 9.38. The lowest BCUT2D eigenvalue weighted by Crippen LogP contribution is -2.28. The molecule has 1 amide bonds. The highest BCUT2D eigenvalue weighted by Gasteiger charge is 2.26. The molecule has 0 spiro atoms. The molecule has 1 aliphatic rings. The molecule has 1 unspecified atom stereocenters. The molecule has 0 bridgehead atoms. The second-order valence-electron chi connectivity index (χ2n) is 4.69. The van der Waals surface area contributed by atoms with Crippen molar-refractivity contribution in [1.82, 2.24) is 4.90 Å². The molecule has 1 aliphatic heterocycles. The molecule has 1 aromatic rings. The van der Waals surface area contributed by atoms with E-state index in [1.165, 1.54) is 0 Å². The van der Waals surface area contributed by atoms with E-state index in [0.29, 0.717) is 28.7 Å². The maximum atomic E-state index is 12.3. The number of carbonyl (C=O) groups excluding carboxylic acids is 1. The van der Waals surface area contributed by atoms with Crippen molar-refractivity contribution in [2.24, 2.45) is 5.92 Å². The van der Waals surface area contributed by atoms with Gasteiger partial charge < -0.3 is 15.7 Å². The summed E-state index contributed by atoms with van der Waals surface area (Å²) in [4.78, 5) is 14.0. The zero-order valence-corrected chi connectivity index (χ0v) is 10.9. The number of aliphatic hydroxyl groups excluding tert-OH is 1. The van der Waals surface area contributed by atoms with E-state index in [0.717, 1.165) is 19.4 Å². The van der Waals surface area contributed by atoms with Gasteiger partial charge in [-0.05, 0) is 37.0 Å². The highest BCUT2D eigenvalue weighted by molar-refractivity contribution is 6.31. The van der Waals surface area contributed by atoms with Crippen molar-refractivity contribution in [2.75, 3.05) is 25.4 Å². The van der Waals surface area contributed by atoms with E-state index >= 15 is 0 Å². The van der Waals surface area contributed by atoms with Crippen molar-refractivity contribution in [2.45, 2.75) is 12.8 Å². The first kappa shape index (κ1) is 13.2. The topological polar surface area (TPSA) is 66.6 Å². The predicted molar refractivity (Wildman–Crippen MR) is 71.6 cm³/mol. The summed E-state index contributed by atoms with van der Waals surface area (Å²) >= 11 is 5.90. The number of nitrogen functional groups attached to an aromatic ring is 1. The lowest BCUT2D eigenvalue weighted by molar-refractivity contribution is 0.0785. The monoisotopic (exact) mass is 268 g/mol. The number of hydrogen-bond acceptors (Lipinski definition) is 3. The minimum absolute atomic E-state index is 0.0374. The average Bonchev–Trinajstić information content (AvgIpc) is 2.76. The van der Waals surface area contributed by atoms with Gasteiger partial charge in [-0.3, -0.25) is 4.79 Å². The summed E-state index contributed by atoms with van der Waals surface area (Å²) in [5.74, 6) is 0.361. The zero-order chi connectivity index (χ0) is 13.1. The summed E-state index contributed by atoms with van der Waals surface area (Å²) in [6.07, 6.45) is 1.70. The van der Waals surface area contributed by atoms with Gasteiger partial charge in [0.05, 0.1) is 0 Å². The number of hydrogen-bond donors (Lipinski definition) is 2. The van der Waals surface area contributed by atoms with E-state index < -0.39 is 0 Å². The standard InChI is InChI=1S/C13H17ClN2O2/c14-11-5-10(6-12(15)7-11)13(18)16-3-1-9(8-16)2-4-17/h5-7,9,17H,1-4,8,15H2. The summed E-state index contributed by atoms with van der Waals surface area (Å²) in [6, 6.07) is 4.91. The summed E-state index contributed by atoms with van der Waals surface area (Å²) < 4.78 is 0. The Morgan fingerprint density at radius 2 is 2.28 bits per heavy atom. The summed E-state index contributed by atoms with van der Waals surface area (Å²) in [6.45, 7) is 1.61. The molecule has 18 heavy (non-hydrogen) atoms. The fourth-order valence-electron chi connectivity index (χ4n) is 2.35. The highest BCUT2D eigenvalue weighted by Crippen LogP contribution is 2.23. The van der Waals surface area contributed by atoms with Gasteiger partial charge in [0.25, 0.3) is 5.91 Å². The molecule has 0 radical (unpaired) electrons. The third-order valence-electron chi connectivity index (χ3n) is 3.28. The number of benzene rings is 1. The van der Waals surface area contributed by atoms with Crippen LogP contribution in [0.5, 0.6) is 0 Å². The molecule has 3 N–H and O–H groups in total. The Labute approximate surface area is 111 Å². The molecule has 0 aromatic heterocycles. The third-order valence-corrected chi connectivity index (χ3v) is 3.50. The van der Waals surface area contributed by atoms with E-state index in [1.54, 1.807) is 23.1 Å². The molecule has 0 saturated carbocycles. The van der Waals surface area contributed by atoms with Crippen molar-refractivity contribution in [3.63, 3.8) is 0 Å². The number of carbonyl (C=O) groups is 1. The average molecular weight is 269 g/mol. The molecule has 1 heterocycles. The second-order valence-corrected chi connectivity index (χ2v) is 5.13. The molecule has 1 atom stereocenters. The maximum Gasteiger partial charge on any atom is 0.253 e. The summed E-state index contributed by atoms with van der Waals surface area (Å²) in [5.41, 5.74) is 6.71. The number of nitrogens with two attached hydrogens (primary N) is 1. The van der Waals surface area contributed by atoms with Gasteiger partial charge in [-0.15, -0.1) is 0 Å². The number of amides is 1. The number of halogens is 1. The molecular formula is C13H17ClN2O2.